The largest absolute Gasteiger partial charge is 0.507 e. The quantitative estimate of drug-likeness (QED) is 0.622. The second-order valence-corrected chi connectivity index (χ2v) is 4.29. The van der Waals surface area contributed by atoms with E-state index in [0.29, 0.717) is 11.4 Å². The lowest BCUT2D eigenvalue weighted by Crippen LogP contribution is -2.06. The zero-order valence-corrected chi connectivity index (χ0v) is 11.2. The third kappa shape index (κ3) is 4.24. The van der Waals surface area contributed by atoms with E-state index in [4.69, 9.17) is 5.11 Å². The van der Waals surface area contributed by atoms with Crippen LogP contribution in [-0.4, -0.2) is 16.3 Å². The molecule has 1 amide bonds. The molecule has 0 spiro atoms. The molecule has 0 aliphatic carbocycles. The molecule has 0 radical (unpaired) electrons. The average Bonchev–Trinajstić information content (AvgIpc) is 2.49. The molecule has 106 valence electrons. The molecule has 0 heterocycles. The van der Waals surface area contributed by atoms with Gasteiger partial charge in [-0.25, -0.2) is 4.79 Å². The summed E-state index contributed by atoms with van der Waals surface area (Å²) in [6.07, 6.45) is -1.04. The highest BCUT2D eigenvalue weighted by atomic mass is 16.4. The number of carbonyl (C=O) groups is 1. The van der Waals surface area contributed by atoms with E-state index in [1.54, 1.807) is 30.3 Å². The van der Waals surface area contributed by atoms with Gasteiger partial charge in [0.15, 0.2) is 0 Å². The first-order valence-electron chi connectivity index (χ1n) is 6.38. The Hall–Kier alpha value is -3.01. The minimum absolute atomic E-state index is 0.350. The summed E-state index contributed by atoms with van der Waals surface area (Å²) in [5.74, 6) is 0.350. The molecule has 0 bridgehead atoms. The fourth-order valence-electron chi connectivity index (χ4n) is 1.85. The van der Waals surface area contributed by atoms with Crippen molar-refractivity contribution in [2.75, 3.05) is 5.32 Å². The summed E-state index contributed by atoms with van der Waals surface area (Å²) >= 11 is 0. The lowest BCUT2D eigenvalue weighted by atomic mass is 10.1. The molecule has 21 heavy (non-hydrogen) atoms. The number of rotatable bonds is 1. The number of amides is 1. The Balaban J connectivity index is 0.000000155. The molecule has 0 aromatic heterocycles. The van der Waals surface area contributed by atoms with Crippen molar-refractivity contribution in [1.29, 1.82) is 0 Å². The van der Waals surface area contributed by atoms with Crippen LogP contribution in [0.2, 0.25) is 0 Å². The van der Waals surface area contributed by atoms with E-state index < -0.39 is 6.09 Å². The van der Waals surface area contributed by atoms with E-state index in [1.165, 1.54) is 0 Å². The molecule has 0 aliphatic rings. The van der Waals surface area contributed by atoms with Gasteiger partial charge < -0.3 is 10.2 Å². The van der Waals surface area contributed by atoms with Gasteiger partial charge >= 0.3 is 6.09 Å². The van der Waals surface area contributed by atoms with Crippen LogP contribution in [0.15, 0.2) is 72.8 Å². The Morgan fingerprint density at radius 2 is 1.43 bits per heavy atom. The predicted molar refractivity (Wildman–Crippen MR) is 83.7 cm³/mol. The third-order valence-electron chi connectivity index (χ3n) is 2.79. The lowest BCUT2D eigenvalue weighted by molar-refractivity contribution is 0.210. The molecular weight excluding hydrogens is 266 g/mol. The van der Waals surface area contributed by atoms with Crippen LogP contribution >= 0.6 is 0 Å². The van der Waals surface area contributed by atoms with Gasteiger partial charge in [-0.2, -0.15) is 0 Å². The number of aromatic hydroxyl groups is 1. The van der Waals surface area contributed by atoms with Crippen molar-refractivity contribution < 1.29 is 15.0 Å². The van der Waals surface area contributed by atoms with E-state index in [2.05, 4.69) is 5.32 Å². The molecule has 3 aromatic rings. The molecule has 0 saturated carbocycles. The van der Waals surface area contributed by atoms with Crippen molar-refractivity contribution >= 4 is 22.6 Å². The number of phenolic OH excluding ortho intramolecular Hbond substituents is 1. The van der Waals surface area contributed by atoms with E-state index in [1.807, 2.05) is 42.5 Å². The summed E-state index contributed by atoms with van der Waals surface area (Å²) in [5, 5.41) is 21.8. The topological polar surface area (TPSA) is 69.6 Å². The number of fused-ring (bicyclic) bond motifs is 1. The number of phenols is 1. The van der Waals surface area contributed by atoms with Crippen LogP contribution in [0.5, 0.6) is 5.75 Å². The fraction of sp³-hybridized carbons (Fsp3) is 0. The molecule has 0 fully saturated rings. The Kier molecular flexibility index (Phi) is 4.77. The molecule has 3 N–H and O–H groups in total. The summed E-state index contributed by atoms with van der Waals surface area (Å²) in [7, 11) is 0. The number of hydrogen-bond donors (Lipinski definition) is 3. The van der Waals surface area contributed by atoms with Gasteiger partial charge in [0.2, 0.25) is 0 Å². The molecule has 0 saturated heterocycles. The van der Waals surface area contributed by atoms with Crippen LogP contribution in [-0.2, 0) is 0 Å². The van der Waals surface area contributed by atoms with Crippen LogP contribution in [0, 0.1) is 0 Å². The monoisotopic (exact) mass is 281 g/mol. The van der Waals surface area contributed by atoms with E-state index in [9.17, 15) is 9.90 Å². The van der Waals surface area contributed by atoms with E-state index >= 15 is 0 Å². The lowest BCUT2D eigenvalue weighted by Gasteiger charge is -1.97. The van der Waals surface area contributed by atoms with Crippen molar-refractivity contribution in [3.8, 4) is 5.75 Å². The summed E-state index contributed by atoms with van der Waals surface area (Å²) < 4.78 is 0. The minimum Gasteiger partial charge on any atom is -0.507 e. The minimum atomic E-state index is -1.04. The standard InChI is InChI=1S/C10H8O.C7H7NO2/c11-10-7-3-5-8-4-1-2-6-9(8)10;9-7(10)8-6-4-2-1-3-5-6/h1-7,11H;1-5,8H,(H,9,10). The van der Waals surface area contributed by atoms with E-state index in [0.717, 1.165) is 10.8 Å². The normalized spacial score (nSPS) is 9.52. The number of hydrogen-bond acceptors (Lipinski definition) is 2. The van der Waals surface area contributed by atoms with Crippen molar-refractivity contribution in [3.05, 3.63) is 72.8 Å². The molecule has 3 rings (SSSR count). The van der Waals surface area contributed by atoms with Crippen LogP contribution in [0.3, 0.4) is 0 Å². The van der Waals surface area contributed by atoms with Crippen molar-refractivity contribution in [3.63, 3.8) is 0 Å². The fourth-order valence-corrected chi connectivity index (χ4v) is 1.85. The number of anilines is 1. The molecule has 4 nitrogen and oxygen atoms in total. The third-order valence-corrected chi connectivity index (χ3v) is 2.79. The SMILES string of the molecule is O=C(O)Nc1ccccc1.Oc1cccc2ccccc12. The highest BCUT2D eigenvalue weighted by molar-refractivity contribution is 5.87. The maximum atomic E-state index is 10.1. The van der Waals surface area contributed by atoms with E-state index in [-0.39, 0.29) is 0 Å². The average molecular weight is 281 g/mol. The highest BCUT2D eigenvalue weighted by Crippen LogP contribution is 2.22. The van der Waals surface area contributed by atoms with Crippen molar-refractivity contribution in [2.24, 2.45) is 0 Å². The van der Waals surface area contributed by atoms with Crippen LogP contribution < -0.4 is 5.32 Å². The van der Waals surface area contributed by atoms with Crippen LogP contribution in [0.25, 0.3) is 10.8 Å². The number of carboxylic acid groups (broad SMARTS) is 1. The smallest absolute Gasteiger partial charge is 0.409 e. The van der Waals surface area contributed by atoms with Crippen molar-refractivity contribution in [1.82, 2.24) is 0 Å². The summed E-state index contributed by atoms with van der Waals surface area (Å²) in [6.45, 7) is 0. The Morgan fingerprint density at radius 1 is 0.810 bits per heavy atom. The first-order valence-corrected chi connectivity index (χ1v) is 6.38. The van der Waals surface area contributed by atoms with Gasteiger partial charge in [0, 0.05) is 11.1 Å². The summed E-state index contributed by atoms with van der Waals surface area (Å²) in [4.78, 5) is 10.1. The second kappa shape index (κ2) is 6.96. The van der Waals surface area contributed by atoms with Gasteiger partial charge in [-0.15, -0.1) is 0 Å². The highest BCUT2D eigenvalue weighted by Gasteiger charge is 1.94. The van der Waals surface area contributed by atoms with Gasteiger partial charge in [-0.05, 0) is 23.6 Å². The molecule has 0 atom stereocenters. The molecule has 4 heteroatoms. The Morgan fingerprint density at radius 3 is 2.10 bits per heavy atom. The summed E-state index contributed by atoms with van der Waals surface area (Å²) in [5.41, 5.74) is 0.593. The van der Waals surface area contributed by atoms with Crippen LogP contribution in [0.1, 0.15) is 0 Å². The number of nitrogens with one attached hydrogen (secondary N) is 1. The Bertz CT molecular complexity index is 721. The first-order chi connectivity index (χ1) is 10.2. The first kappa shape index (κ1) is 14.4. The van der Waals surface area contributed by atoms with Gasteiger partial charge in [-0.3, -0.25) is 5.32 Å². The van der Waals surface area contributed by atoms with Crippen molar-refractivity contribution in [2.45, 2.75) is 0 Å². The molecule has 0 aliphatic heterocycles. The second-order valence-electron chi connectivity index (χ2n) is 4.29. The zero-order valence-electron chi connectivity index (χ0n) is 11.2. The summed E-state index contributed by atoms with van der Waals surface area (Å²) in [6, 6.07) is 22.0. The molecule has 0 unspecified atom stereocenters. The van der Waals surface area contributed by atoms with Gasteiger partial charge in [0.05, 0.1) is 0 Å². The maximum absolute atomic E-state index is 10.1. The maximum Gasteiger partial charge on any atom is 0.409 e. The van der Waals surface area contributed by atoms with Crippen LogP contribution in [0.4, 0.5) is 10.5 Å². The Labute approximate surface area is 122 Å². The number of benzene rings is 3. The van der Waals surface area contributed by atoms with Gasteiger partial charge in [0.1, 0.15) is 5.75 Å². The molecule has 3 aromatic carbocycles. The van der Waals surface area contributed by atoms with Gasteiger partial charge in [0.25, 0.3) is 0 Å². The molecular formula is C17H15NO3. The number of para-hydroxylation sites is 1. The van der Waals surface area contributed by atoms with Gasteiger partial charge in [-0.1, -0.05) is 54.6 Å². The zero-order chi connectivity index (χ0) is 15.1. The predicted octanol–water partition coefficient (Wildman–Crippen LogP) is 4.32.